The summed E-state index contributed by atoms with van der Waals surface area (Å²) in [6.07, 6.45) is 21.8. The SMILES string of the molecule is CC1=CC=C(C)[C]2[C](CCC[C]3[CH][CH][C]4[C]3C(C)=CC=C4C)[CH][CH][C]21. The molecule has 0 amide bonds. The van der Waals surface area contributed by atoms with Crippen molar-refractivity contribution < 1.29 is 0 Å². The van der Waals surface area contributed by atoms with Crippen molar-refractivity contribution in [1.29, 1.82) is 0 Å². The molecule has 0 bridgehead atoms. The van der Waals surface area contributed by atoms with Crippen LogP contribution in [-0.2, 0) is 0 Å². The highest BCUT2D eigenvalue weighted by molar-refractivity contribution is 5.69. The Morgan fingerprint density at radius 1 is 0.520 bits per heavy atom. The van der Waals surface area contributed by atoms with E-state index in [-0.39, 0.29) is 0 Å². The minimum Gasteiger partial charge on any atom is -0.0650 e. The molecule has 0 aliphatic heterocycles. The van der Waals surface area contributed by atoms with E-state index in [1.54, 1.807) is 0 Å². The van der Waals surface area contributed by atoms with Gasteiger partial charge in [0.05, 0.1) is 0 Å². The van der Waals surface area contributed by atoms with E-state index < -0.39 is 0 Å². The highest BCUT2D eigenvalue weighted by Gasteiger charge is 2.42. The standard InChI is InChI=1S/C25H26/c1-16-8-10-18(3)24-20(12-14-22(16)24)6-5-7-21-13-15-23-17(2)9-11-19(4)25(21)23/h8-15H,5-7H2,1-4H3. The Kier molecular flexibility index (Phi) is 4.82. The summed E-state index contributed by atoms with van der Waals surface area (Å²) >= 11 is 0. The second kappa shape index (κ2) is 6.93. The summed E-state index contributed by atoms with van der Waals surface area (Å²) in [5, 5.41) is 0. The topological polar surface area (TPSA) is 0 Å². The zero-order chi connectivity index (χ0) is 17.6. The van der Waals surface area contributed by atoms with Gasteiger partial charge in [-0.2, -0.15) is 0 Å². The Morgan fingerprint density at radius 3 is 1.36 bits per heavy atom. The van der Waals surface area contributed by atoms with Crippen molar-refractivity contribution in [2.75, 3.05) is 0 Å². The Balaban J connectivity index is 1.33. The van der Waals surface area contributed by atoms with Gasteiger partial charge in [0.25, 0.3) is 0 Å². The average Bonchev–Trinajstić information content (AvgIpc) is 3.21. The van der Waals surface area contributed by atoms with Gasteiger partial charge in [-0.3, -0.25) is 0 Å². The molecule has 0 N–H and O–H groups in total. The molecule has 0 heterocycles. The molecule has 0 atom stereocenters. The maximum atomic E-state index is 2.34. The second-order valence-electron chi connectivity index (χ2n) is 7.55. The molecule has 4 aliphatic carbocycles. The number of fused-ring (bicyclic) bond motifs is 2. The van der Waals surface area contributed by atoms with E-state index in [2.05, 4.69) is 77.7 Å². The van der Waals surface area contributed by atoms with Crippen molar-refractivity contribution in [2.24, 2.45) is 0 Å². The zero-order valence-corrected chi connectivity index (χ0v) is 15.7. The van der Waals surface area contributed by atoms with Crippen molar-refractivity contribution in [3.05, 3.63) is 108 Å². The van der Waals surface area contributed by atoms with Crippen molar-refractivity contribution >= 4 is 0 Å². The van der Waals surface area contributed by atoms with Crippen LogP contribution in [0.15, 0.2) is 46.6 Å². The Bertz CT molecular complexity index is 585. The van der Waals surface area contributed by atoms with E-state index in [0.29, 0.717) is 0 Å². The molecule has 25 heavy (non-hydrogen) atoms. The van der Waals surface area contributed by atoms with Gasteiger partial charge < -0.3 is 0 Å². The molecule has 4 rings (SSSR count). The number of allylic oxidation sites excluding steroid dienone is 8. The molecule has 0 saturated heterocycles. The summed E-state index contributed by atoms with van der Waals surface area (Å²) in [6, 6.07) is 0. The predicted molar refractivity (Wildman–Crippen MR) is 106 cm³/mol. The van der Waals surface area contributed by atoms with E-state index in [9.17, 15) is 0 Å². The van der Waals surface area contributed by atoms with Gasteiger partial charge in [-0.25, -0.2) is 0 Å². The first-order valence-electron chi connectivity index (χ1n) is 9.35. The molecule has 10 radical (unpaired) electrons. The van der Waals surface area contributed by atoms with E-state index in [0.717, 1.165) is 12.8 Å². The van der Waals surface area contributed by atoms with Gasteiger partial charge >= 0.3 is 0 Å². The monoisotopic (exact) mass is 326 g/mol. The summed E-state index contributed by atoms with van der Waals surface area (Å²) in [7, 11) is 0. The van der Waals surface area contributed by atoms with E-state index in [1.807, 2.05) is 0 Å². The molecular formula is C25H26. The van der Waals surface area contributed by atoms with Crippen LogP contribution in [0.25, 0.3) is 0 Å². The molecule has 126 valence electrons. The van der Waals surface area contributed by atoms with Crippen LogP contribution in [-0.4, -0.2) is 0 Å². The van der Waals surface area contributed by atoms with Gasteiger partial charge in [-0.05, 0) is 78.1 Å². The second-order valence-corrected chi connectivity index (χ2v) is 7.55. The third kappa shape index (κ3) is 3.11. The van der Waals surface area contributed by atoms with Gasteiger partial charge in [-0.15, -0.1) is 0 Å². The van der Waals surface area contributed by atoms with Crippen molar-refractivity contribution in [3.63, 3.8) is 0 Å². The maximum absolute atomic E-state index is 2.34. The van der Waals surface area contributed by atoms with Crippen molar-refractivity contribution in [1.82, 2.24) is 0 Å². The smallest absolute Gasteiger partial charge is 0.0190 e. The fourth-order valence-corrected chi connectivity index (χ4v) is 4.37. The van der Waals surface area contributed by atoms with Gasteiger partial charge in [0.15, 0.2) is 0 Å². The molecule has 0 aromatic heterocycles. The molecule has 2 fully saturated rings. The summed E-state index contributed by atoms with van der Waals surface area (Å²) in [4.78, 5) is 0. The lowest BCUT2D eigenvalue weighted by Crippen LogP contribution is -2.16. The highest BCUT2D eigenvalue weighted by Crippen LogP contribution is 2.54. The Morgan fingerprint density at radius 2 is 0.920 bits per heavy atom. The van der Waals surface area contributed by atoms with Crippen LogP contribution in [0.4, 0.5) is 0 Å². The number of hydrogen-bond donors (Lipinski definition) is 0. The van der Waals surface area contributed by atoms with Crippen LogP contribution in [0.5, 0.6) is 0 Å². The molecule has 4 aliphatic rings. The van der Waals surface area contributed by atoms with Gasteiger partial charge in [-0.1, -0.05) is 53.0 Å². The molecule has 0 heteroatoms. The summed E-state index contributed by atoms with van der Waals surface area (Å²) < 4.78 is 0. The summed E-state index contributed by atoms with van der Waals surface area (Å²) in [6.45, 7) is 8.91. The summed E-state index contributed by atoms with van der Waals surface area (Å²) in [5.74, 6) is 8.86. The fourth-order valence-electron chi connectivity index (χ4n) is 4.37. The summed E-state index contributed by atoms with van der Waals surface area (Å²) in [5.41, 5.74) is 5.59. The van der Waals surface area contributed by atoms with Crippen molar-refractivity contribution in [2.45, 2.75) is 47.0 Å². The lowest BCUT2D eigenvalue weighted by molar-refractivity contribution is 0.713. The molecular weight excluding hydrogens is 300 g/mol. The van der Waals surface area contributed by atoms with E-state index >= 15 is 0 Å². The average molecular weight is 326 g/mol. The number of rotatable bonds is 4. The van der Waals surface area contributed by atoms with Gasteiger partial charge in [0.1, 0.15) is 0 Å². The molecule has 0 aromatic rings. The molecule has 0 nitrogen and oxygen atoms in total. The Labute approximate surface area is 155 Å². The third-order valence-corrected chi connectivity index (χ3v) is 5.78. The van der Waals surface area contributed by atoms with Crippen LogP contribution in [0.3, 0.4) is 0 Å². The highest BCUT2D eigenvalue weighted by atomic mass is 14.4. The van der Waals surface area contributed by atoms with Crippen molar-refractivity contribution in [3.8, 4) is 0 Å². The minimum atomic E-state index is 1.16. The largest absolute Gasteiger partial charge is 0.0650 e. The first-order valence-corrected chi connectivity index (χ1v) is 9.35. The molecule has 2 saturated carbocycles. The first-order chi connectivity index (χ1) is 12.1. The third-order valence-electron chi connectivity index (χ3n) is 5.78. The lowest BCUT2D eigenvalue weighted by Gasteiger charge is -2.29. The molecule has 0 spiro atoms. The van der Waals surface area contributed by atoms with Gasteiger partial charge in [0, 0.05) is 23.7 Å². The van der Waals surface area contributed by atoms with Gasteiger partial charge in [0.2, 0.25) is 0 Å². The van der Waals surface area contributed by atoms with Crippen LogP contribution in [0.2, 0.25) is 0 Å². The number of hydrogen-bond acceptors (Lipinski definition) is 0. The van der Waals surface area contributed by atoms with Crippen LogP contribution >= 0.6 is 0 Å². The van der Waals surface area contributed by atoms with Crippen LogP contribution in [0, 0.1) is 61.2 Å². The van der Waals surface area contributed by atoms with Crippen LogP contribution < -0.4 is 0 Å². The Hall–Kier alpha value is -1.04. The molecule has 0 aromatic carbocycles. The lowest BCUT2D eigenvalue weighted by atomic mass is 9.74. The van der Waals surface area contributed by atoms with Crippen LogP contribution in [0.1, 0.15) is 47.0 Å². The van der Waals surface area contributed by atoms with E-state index in [1.165, 1.54) is 64.2 Å². The molecule has 0 unspecified atom stereocenters. The normalized spacial score (nSPS) is 27.0. The first kappa shape index (κ1) is 17.4. The quantitative estimate of drug-likeness (QED) is 0.572. The van der Waals surface area contributed by atoms with E-state index in [4.69, 9.17) is 0 Å². The predicted octanol–water partition coefficient (Wildman–Crippen LogP) is 6.26. The minimum absolute atomic E-state index is 1.16. The fraction of sp³-hybridized carbons (Fsp3) is 0.280. The maximum Gasteiger partial charge on any atom is 0.0190 e. The zero-order valence-electron chi connectivity index (χ0n) is 15.7.